The van der Waals surface area contributed by atoms with Gasteiger partial charge in [-0.2, -0.15) is 5.10 Å². The third-order valence-electron chi connectivity index (χ3n) is 5.03. The lowest BCUT2D eigenvalue weighted by atomic mass is 10.1. The van der Waals surface area contributed by atoms with E-state index in [0.29, 0.717) is 29.7 Å². The van der Waals surface area contributed by atoms with Crippen LogP contribution in [-0.4, -0.2) is 70.8 Å². The zero-order chi connectivity index (χ0) is 20.4. The number of rotatable bonds is 4. The molecule has 1 amide bonds. The Morgan fingerprint density at radius 1 is 1.07 bits per heavy atom. The minimum Gasteiger partial charge on any atom is -0.481 e. The molecule has 4 rings (SSSR count). The number of nitrogens with zero attached hydrogens (tertiary/aromatic N) is 5. The number of methoxy groups -OCH3 is 1. The van der Waals surface area contributed by atoms with Gasteiger partial charge in [0.1, 0.15) is 0 Å². The molecule has 29 heavy (non-hydrogen) atoms. The Morgan fingerprint density at radius 3 is 2.41 bits per heavy atom. The average Bonchev–Trinajstić information content (AvgIpc) is 3.20. The van der Waals surface area contributed by atoms with Crippen molar-refractivity contribution in [3.63, 3.8) is 0 Å². The maximum atomic E-state index is 13.1. The normalized spacial score (nSPS) is 14.8. The predicted molar refractivity (Wildman–Crippen MR) is 112 cm³/mol. The maximum absolute atomic E-state index is 13.1. The van der Waals surface area contributed by atoms with Gasteiger partial charge in [-0.1, -0.05) is 23.7 Å². The van der Waals surface area contributed by atoms with E-state index in [2.05, 4.69) is 22.0 Å². The Labute approximate surface area is 174 Å². The first-order valence-electron chi connectivity index (χ1n) is 9.39. The first-order valence-corrected chi connectivity index (χ1v) is 9.77. The van der Waals surface area contributed by atoms with Crippen LogP contribution < -0.4 is 4.74 Å². The third kappa shape index (κ3) is 4.11. The molecule has 7 nitrogen and oxygen atoms in total. The largest absolute Gasteiger partial charge is 0.481 e. The highest BCUT2D eigenvalue weighted by molar-refractivity contribution is 6.30. The van der Waals surface area contributed by atoms with Gasteiger partial charge >= 0.3 is 0 Å². The quantitative estimate of drug-likeness (QED) is 0.660. The number of ether oxygens (including phenoxy) is 1. The summed E-state index contributed by atoms with van der Waals surface area (Å²) in [6.07, 6.45) is 1.68. The summed E-state index contributed by atoms with van der Waals surface area (Å²) in [5.74, 6) is 0.455. The molecular weight excluding hydrogens is 390 g/mol. The van der Waals surface area contributed by atoms with Gasteiger partial charge in [-0.15, -0.1) is 0 Å². The molecule has 0 unspecified atom stereocenters. The number of aromatic nitrogens is 3. The summed E-state index contributed by atoms with van der Waals surface area (Å²) in [6, 6.07) is 12.9. The van der Waals surface area contributed by atoms with Gasteiger partial charge in [0.2, 0.25) is 5.88 Å². The molecule has 2 aromatic heterocycles. The maximum Gasteiger partial charge on any atom is 0.274 e. The number of carbonyl (C=O) groups is 1. The van der Waals surface area contributed by atoms with Crippen LogP contribution in [0.3, 0.4) is 0 Å². The molecule has 0 spiro atoms. The van der Waals surface area contributed by atoms with E-state index in [1.54, 1.807) is 24.1 Å². The molecular formula is C21H22ClN5O2. The zero-order valence-electron chi connectivity index (χ0n) is 16.4. The second-order valence-corrected chi connectivity index (χ2v) is 7.42. The summed E-state index contributed by atoms with van der Waals surface area (Å²) in [5.41, 5.74) is 2.87. The highest BCUT2D eigenvalue weighted by atomic mass is 35.5. The number of hydrogen-bond acceptors (Lipinski definition) is 5. The highest BCUT2D eigenvalue weighted by Crippen LogP contribution is 2.26. The van der Waals surface area contributed by atoms with Gasteiger partial charge in [0, 0.05) is 42.8 Å². The monoisotopic (exact) mass is 411 g/mol. The number of piperazine rings is 1. The standard InChI is InChI=1S/C21H22ClN5O2/c1-25-9-11-26(12-10-25)21(28)18-13-19(15-3-5-16(22)6-4-15)27(24-18)17-7-8-20(29-2)23-14-17/h3-8,13-14H,9-12H2,1-2H3. The van der Waals surface area contributed by atoms with Crippen LogP contribution in [0.1, 0.15) is 10.5 Å². The Balaban J connectivity index is 1.73. The van der Waals surface area contributed by atoms with E-state index in [1.165, 1.54) is 0 Å². The molecule has 1 aromatic carbocycles. The van der Waals surface area contributed by atoms with Crippen molar-refractivity contribution in [1.29, 1.82) is 0 Å². The fraction of sp³-hybridized carbons (Fsp3) is 0.286. The second kappa shape index (κ2) is 8.23. The van der Waals surface area contributed by atoms with E-state index in [0.717, 1.165) is 30.0 Å². The van der Waals surface area contributed by atoms with Gasteiger partial charge < -0.3 is 14.5 Å². The summed E-state index contributed by atoms with van der Waals surface area (Å²) >= 11 is 6.05. The molecule has 3 aromatic rings. The number of benzene rings is 1. The van der Waals surface area contributed by atoms with Crippen molar-refractivity contribution in [1.82, 2.24) is 24.6 Å². The van der Waals surface area contributed by atoms with Crippen LogP contribution in [0.5, 0.6) is 5.88 Å². The van der Waals surface area contributed by atoms with E-state index in [1.807, 2.05) is 41.3 Å². The molecule has 0 bridgehead atoms. The minimum absolute atomic E-state index is 0.0615. The predicted octanol–water partition coefficient (Wildman–Crippen LogP) is 2.98. The summed E-state index contributed by atoms with van der Waals surface area (Å²) in [4.78, 5) is 21.4. The van der Waals surface area contributed by atoms with Gasteiger partial charge in [0.05, 0.1) is 24.7 Å². The Morgan fingerprint density at radius 2 is 1.79 bits per heavy atom. The third-order valence-corrected chi connectivity index (χ3v) is 5.29. The van der Waals surface area contributed by atoms with Crippen LogP contribution >= 0.6 is 11.6 Å². The Hall–Kier alpha value is -2.90. The summed E-state index contributed by atoms with van der Waals surface area (Å²) < 4.78 is 6.88. The lowest BCUT2D eigenvalue weighted by Gasteiger charge is -2.31. The molecule has 0 radical (unpaired) electrons. The van der Waals surface area contributed by atoms with E-state index >= 15 is 0 Å². The number of amides is 1. The summed E-state index contributed by atoms with van der Waals surface area (Å²) in [6.45, 7) is 3.11. The summed E-state index contributed by atoms with van der Waals surface area (Å²) in [5, 5.41) is 5.28. The number of halogens is 1. The zero-order valence-corrected chi connectivity index (χ0v) is 17.1. The van der Waals surface area contributed by atoms with Crippen molar-refractivity contribution < 1.29 is 9.53 Å². The van der Waals surface area contributed by atoms with E-state index in [-0.39, 0.29) is 5.91 Å². The van der Waals surface area contributed by atoms with Crippen LogP contribution in [0.25, 0.3) is 16.9 Å². The lowest BCUT2D eigenvalue weighted by Crippen LogP contribution is -2.47. The Kier molecular flexibility index (Phi) is 5.51. The average molecular weight is 412 g/mol. The molecule has 0 saturated carbocycles. The molecule has 3 heterocycles. The summed E-state index contributed by atoms with van der Waals surface area (Å²) in [7, 11) is 3.63. The van der Waals surface area contributed by atoms with Gasteiger partial charge in [-0.3, -0.25) is 4.79 Å². The number of carbonyl (C=O) groups excluding carboxylic acids is 1. The molecule has 1 saturated heterocycles. The van der Waals surface area contributed by atoms with Gasteiger partial charge in [0.15, 0.2) is 5.69 Å². The van der Waals surface area contributed by atoms with Crippen molar-refractivity contribution in [3.05, 3.63) is 59.4 Å². The van der Waals surface area contributed by atoms with Crippen LogP contribution in [0.15, 0.2) is 48.7 Å². The van der Waals surface area contributed by atoms with Crippen LogP contribution in [-0.2, 0) is 0 Å². The molecule has 1 fully saturated rings. The van der Waals surface area contributed by atoms with Crippen molar-refractivity contribution in [2.75, 3.05) is 40.3 Å². The molecule has 0 aliphatic carbocycles. The molecule has 1 aliphatic rings. The minimum atomic E-state index is -0.0615. The van der Waals surface area contributed by atoms with Crippen LogP contribution in [0, 0.1) is 0 Å². The smallest absolute Gasteiger partial charge is 0.274 e. The first-order chi connectivity index (χ1) is 14.0. The van der Waals surface area contributed by atoms with Crippen molar-refractivity contribution >= 4 is 17.5 Å². The van der Waals surface area contributed by atoms with Gasteiger partial charge in [-0.25, -0.2) is 9.67 Å². The number of pyridine rings is 1. The molecule has 1 aliphatic heterocycles. The van der Waals surface area contributed by atoms with Crippen molar-refractivity contribution in [2.45, 2.75) is 0 Å². The number of hydrogen-bond donors (Lipinski definition) is 0. The molecule has 8 heteroatoms. The van der Waals surface area contributed by atoms with E-state index in [9.17, 15) is 4.79 Å². The Bertz CT molecular complexity index is 993. The van der Waals surface area contributed by atoms with Gasteiger partial charge in [0.25, 0.3) is 5.91 Å². The lowest BCUT2D eigenvalue weighted by molar-refractivity contribution is 0.0657. The van der Waals surface area contributed by atoms with E-state index in [4.69, 9.17) is 16.3 Å². The highest BCUT2D eigenvalue weighted by Gasteiger charge is 2.24. The fourth-order valence-electron chi connectivity index (χ4n) is 3.30. The van der Waals surface area contributed by atoms with Crippen molar-refractivity contribution in [3.8, 4) is 22.8 Å². The second-order valence-electron chi connectivity index (χ2n) is 6.99. The molecule has 150 valence electrons. The topological polar surface area (TPSA) is 63.5 Å². The van der Waals surface area contributed by atoms with Gasteiger partial charge in [-0.05, 0) is 31.3 Å². The first kappa shape index (κ1) is 19.4. The van der Waals surface area contributed by atoms with Crippen LogP contribution in [0.4, 0.5) is 0 Å². The number of likely N-dealkylation sites (N-methyl/N-ethyl adjacent to an activating group) is 1. The molecule has 0 N–H and O–H groups in total. The SMILES string of the molecule is COc1ccc(-n2nc(C(=O)N3CCN(C)CC3)cc2-c2ccc(Cl)cc2)cn1. The fourth-order valence-corrected chi connectivity index (χ4v) is 3.42. The van der Waals surface area contributed by atoms with Crippen molar-refractivity contribution in [2.24, 2.45) is 0 Å². The molecule has 0 atom stereocenters. The van der Waals surface area contributed by atoms with E-state index < -0.39 is 0 Å². The van der Waals surface area contributed by atoms with Crippen LogP contribution in [0.2, 0.25) is 5.02 Å².